The molecule has 3 heteroatoms. The topological polar surface area (TPSA) is 38.7 Å². The number of hydrogen-bond donors (Lipinski definition) is 0. The lowest BCUT2D eigenvalue weighted by atomic mass is 9.93. The van der Waals surface area contributed by atoms with Crippen LogP contribution in [0.1, 0.15) is 0 Å². The number of benzene rings is 8. The summed E-state index contributed by atoms with van der Waals surface area (Å²) in [7, 11) is 0. The first kappa shape index (κ1) is 28.3. The molecular formula is C47H29N3. The van der Waals surface area contributed by atoms with E-state index in [0.717, 1.165) is 60.8 Å². The fraction of sp³-hybridized carbons (Fsp3) is 0. The maximum Gasteiger partial charge on any atom is 0.160 e. The molecule has 3 nitrogen and oxygen atoms in total. The molecule has 10 aromatic rings. The van der Waals surface area contributed by atoms with Crippen LogP contribution in [-0.2, 0) is 0 Å². The van der Waals surface area contributed by atoms with Crippen LogP contribution in [0.5, 0.6) is 0 Å². The third kappa shape index (κ3) is 4.79. The number of fused-ring (bicyclic) bond motifs is 6. The number of aromatic nitrogens is 3. The summed E-state index contributed by atoms with van der Waals surface area (Å²) in [6, 6.07) is 62.2. The molecule has 232 valence electrons. The summed E-state index contributed by atoms with van der Waals surface area (Å²) in [5, 5.41) is 9.42. The van der Waals surface area contributed by atoms with E-state index in [2.05, 4.69) is 176 Å². The monoisotopic (exact) mass is 635 g/mol. The summed E-state index contributed by atoms with van der Waals surface area (Å²) in [6.07, 6.45) is 0. The smallest absolute Gasteiger partial charge is 0.160 e. The van der Waals surface area contributed by atoms with E-state index in [9.17, 15) is 0 Å². The van der Waals surface area contributed by atoms with Crippen molar-refractivity contribution < 1.29 is 0 Å². The van der Waals surface area contributed by atoms with Gasteiger partial charge in [0.2, 0.25) is 0 Å². The molecule has 0 amide bonds. The van der Waals surface area contributed by atoms with Gasteiger partial charge in [0.15, 0.2) is 5.82 Å². The second-order valence-electron chi connectivity index (χ2n) is 12.9. The summed E-state index contributed by atoms with van der Waals surface area (Å²) < 4.78 is 0. The minimum atomic E-state index is 0.695. The van der Waals surface area contributed by atoms with Crippen molar-refractivity contribution in [2.24, 2.45) is 0 Å². The molecule has 0 saturated heterocycles. The molecule has 0 N–H and O–H groups in total. The number of rotatable bonds is 4. The molecule has 2 aromatic heterocycles. The van der Waals surface area contributed by atoms with Gasteiger partial charge in [0.25, 0.3) is 0 Å². The van der Waals surface area contributed by atoms with Crippen LogP contribution in [0.25, 0.3) is 99.2 Å². The van der Waals surface area contributed by atoms with Crippen molar-refractivity contribution in [3.05, 3.63) is 176 Å². The van der Waals surface area contributed by atoms with Gasteiger partial charge in [-0.3, -0.25) is 0 Å². The van der Waals surface area contributed by atoms with Crippen LogP contribution in [0.2, 0.25) is 0 Å². The molecule has 0 aliphatic carbocycles. The molecule has 2 heterocycles. The van der Waals surface area contributed by atoms with Crippen LogP contribution >= 0.6 is 0 Å². The Bertz CT molecular complexity index is 2830. The van der Waals surface area contributed by atoms with Gasteiger partial charge in [-0.2, -0.15) is 0 Å². The Morgan fingerprint density at radius 2 is 0.800 bits per heavy atom. The third-order valence-electron chi connectivity index (χ3n) is 9.82. The van der Waals surface area contributed by atoms with Gasteiger partial charge in [-0.15, -0.1) is 0 Å². The quantitative estimate of drug-likeness (QED) is 0.143. The molecule has 0 aliphatic heterocycles. The SMILES string of the molecule is c1ccc2cc(-c3cc(-c4ccc5ccccc5c4)nc(-c4ccc(-c5c6ccccc6nc6c5ccc5ccccc56)cc4)n3)ccc2c1. The van der Waals surface area contributed by atoms with Gasteiger partial charge in [-0.25, -0.2) is 15.0 Å². The molecule has 0 bridgehead atoms. The molecule has 0 spiro atoms. The highest BCUT2D eigenvalue weighted by Crippen LogP contribution is 2.38. The van der Waals surface area contributed by atoms with E-state index in [1.807, 2.05) is 0 Å². The van der Waals surface area contributed by atoms with Crippen LogP contribution in [-0.4, -0.2) is 15.0 Å². The van der Waals surface area contributed by atoms with Crippen LogP contribution in [0, 0.1) is 0 Å². The number of nitrogens with zero attached hydrogens (tertiary/aromatic N) is 3. The summed E-state index contributed by atoms with van der Waals surface area (Å²) in [4.78, 5) is 15.5. The largest absolute Gasteiger partial charge is 0.247 e. The van der Waals surface area contributed by atoms with E-state index in [0.29, 0.717) is 5.82 Å². The first-order chi connectivity index (χ1) is 24.7. The maximum absolute atomic E-state index is 5.18. The Morgan fingerprint density at radius 3 is 1.46 bits per heavy atom. The lowest BCUT2D eigenvalue weighted by Crippen LogP contribution is -1.96. The van der Waals surface area contributed by atoms with Gasteiger partial charge < -0.3 is 0 Å². The van der Waals surface area contributed by atoms with Gasteiger partial charge in [-0.1, -0.05) is 152 Å². The molecule has 0 radical (unpaired) electrons. The maximum atomic E-state index is 5.18. The fourth-order valence-corrected chi connectivity index (χ4v) is 7.29. The van der Waals surface area contributed by atoms with Gasteiger partial charge in [-0.05, 0) is 56.8 Å². The van der Waals surface area contributed by atoms with Crippen LogP contribution < -0.4 is 0 Å². The normalized spacial score (nSPS) is 11.6. The molecule has 0 atom stereocenters. The first-order valence-electron chi connectivity index (χ1n) is 16.9. The zero-order valence-electron chi connectivity index (χ0n) is 27.1. The van der Waals surface area contributed by atoms with Gasteiger partial charge in [0.05, 0.1) is 22.4 Å². The zero-order chi connectivity index (χ0) is 33.0. The van der Waals surface area contributed by atoms with Crippen LogP contribution in [0.3, 0.4) is 0 Å². The molecule has 10 rings (SSSR count). The predicted molar refractivity (Wildman–Crippen MR) is 209 cm³/mol. The Labute approximate surface area is 289 Å². The van der Waals surface area contributed by atoms with Gasteiger partial charge in [0, 0.05) is 38.4 Å². The van der Waals surface area contributed by atoms with Crippen LogP contribution in [0.15, 0.2) is 176 Å². The lowest BCUT2D eigenvalue weighted by Gasteiger charge is -2.14. The predicted octanol–water partition coefficient (Wildman–Crippen LogP) is 12.3. The van der Waals surface area contributed by atoms with E-state index in [4.69, 9.17) is 15.0 Å². The lowest BCUT2D eigenvalue weighted by molar-refractivity contribution is 1.18. The van der Waals surface area contributed by atoms with Crippen molar-refractivity contribution >= 4 is 54.1 Å². The fourth-order valence-electron chi connectivity index (χ4n) is 7.29. The second kappa shape index (κ2) is 11.5. The van der Waals surface area contributed by atoms with Gasteiger partial charge in [0.1, 0.15) is 0 Å². The second-order valence-corrected chi connectivity index (χ2v) is 12.9. The Balaban J connectivity index is 1.14. The molecule has 0 unspecified atom stereocenters. The van der Waals surface area contributed by atoms with E-state index in [-0.39, 0.29) is 0 Å². The van der Waals surface area contributed by atoms with E-state index in [1.54, 1.807) is 0 Å². The molecular weight excluding hydrogens is 607 g/mol. The molecule has 0 aliphatic rings. The third-order valence-corrected chi connectivity index (χ3v) is 9.82. The standard InChI is InChI=1S/C47H29N3/c1-3-12-35-27-37(23-17-30(35)9-1)43-29-44(38-24-18-31-10-2-4-13-36(31)28-38)50-47(49-43)34-21-19-33(20-22-34)45-40-15-7-8-16-42(40)48-46-39-14-6-5-11-32(39)25-26-41(45)46/h1-29H. The Morgan fingerprint density at radius 1 is 0.300 bits per heavy atom. The van der Waals surface area contributed by atoms with Gasteiger partial charge >= 0.3 is 0 Å². The minimum absolute atomic E-state index is 0.695. The average Bonchev–Trinajstić information content (AvgIpc) is 3.19. The number of para-hydroxylation sites is 1. The van der Waals surface area contributed by atoms with Crippen molar-refractivity contribution in [1.29, 1.82) is 0 Å². The van der Waals surface area contributed by atoms with Crippen molar-refractivity contribution in [2.75, 3.05) is 0 Å². The molecule has 50 heavy (non-hydrogen) atoms. The summed E-state index contributed by atoms with van der Waals surface area (Å²) in [6.45, 7) is 0. The summed E-state index contributed by atoms with van der Waals surface area (Å²) >= 11 is 0. The van der Waals surface area contributed by atoms with Crippen molar-refractivity contribution in [3.63, 3.8) is 0 Å². The molecule has 8 aromatic carbocycles. The zero-order valence-corrected chi connectivity index (χ0v) is 27.1. The highest BCUT2D eigenvalue weighted by atomic mass is 14.9. The average molecular weight is 636 g/mol. The van der Waals surface area contributed by atoms with Crippen molar-refractivity contribution in [1.82, 2.24) is 15.0 Å². The minimum Gasteiger partial charge on any atom is -0.247 e. The van der Waals surface area contributed by atoms with E-state index >= 15 is 0 Å². The Kier molecular flexibility index (Phi) is 6.49. The summed E-state index contributed by atoms with van der Waals surface area (Å²) in [5.74, 6) is 0.695. The van der Waals surface area contributed by atoms with Crippen molar-refractivity contribution in [2.45, 2.75) is 0 Å². The number of hydrogen-bond acceptors (Lipinski definition) is 3. The van der Waals surface area contributed by atoms with Crippen molar-refractivity contribution in [3.8, 4) is 45.0 Å². The Hall–Kier alpha value is -6.71. The summed E-state index contributed by atoms with van der Waals surface area (Å²) in [5.41, 5.74) is 9.21. The molecule has 0 saturated carbocycles. The van der Waals surface area contributed by atoms with E-state index in [1.165, 1.54) is 32.5 Å². The molecule has 0 fully saturated rings. The number of pyridine rings is 1. The van der Waals surface area contributed by atoms with E-state index < -0.39 is 0 Å². The first-order valence-corrected chi connectivity index (χ1v) is 16.9. The highest BCUT2D eigenvalue weighted by molar-refractivity contribution is 6.17. The highest BCUT2D eigenvalue weighted by Gasteiger charge is 2.16. The van der Waals surface area contributed by atoms with Crippen LogP contribution in [0.4, 0.5) is 0 Å².